The summed E-state index contributed by atoms with van der Waals surface area (Å²) in [6.45, 7) is 1.62. The van der Waals surface area contributed by atoms with Crippen LogP contribution >= 0.6 is 0 Å². The second-order valence-corrected chi connectivity index (χ2v) is 5.66. The van der Waals surface area contributed by atoms with Crippen LogP contribution in [0.15, 0.2) is 65.8 Å². The zero-order valence-electron chi connectivity index (χ0n) is 13.8. The van der Waals surface area contributed by atoms with Crippen molar-refractivity contribution in [2.45, 2.75) is 6.92 Å². The van der Waals surface area contributed by atoms with Gasteiger partial charge >= 0.3 is 0 Å². The van der Waals surface area contributed by atoms with Gasteiger partial charge in [0.15, 0.2) is 0 Å². The molecule has 7 nitrogen and oxygen atoms in total. The molecule has 0 radical (unpaired) electrons. The van der Waals surface area contributed by atoms with Crippen molar-refractivity contribution in [2.75, 3.05) is 0 Å². The van der Waals surface area contributed by atoms with Gasteiger partial charge in [-0.3, -0.25) is 14.9 Å². The largest absolute Gasteiger partial charge is 0.507 e. The Balaban J connectivity index is 1.84. The van der Waals surface area contributed by atoms with Crippen LogP contribution in [0.4, 0.5) is 5.69 Å². The number of phenols is 1. The Morgan fingerprint density at radius 1 is 1.08 bits per heavy atom. The Kier molecular flexibility index (Phi) is 4.62. The number of nitrogens with zero attached hydrogens (tertiary/aromatic N) is 2. The SMILES string of the molecule is CC(=NNC(=O)c1cc2ccccc2cc1O)c1cccc([N+](=O)[O-])c1. The van der Waals surface area contributed by atoms with E-state index in [9.17, 15) is 20.0 Å². The number of benzene rings is 3. The lowest BCUT2D eigenvalue weighted by Crippen LogP contribution is -2.19. The van der Waals surface area contributed by atoms with Gasteiger partial charge in [-0.05, 0) is 29.8 Å². The summed E-state index contributed by atoms with van der Waals surface area (Å²) in [5.41, 5.74) is 3.33. The second-order valence-electron chi connectivity index (χ2n) is 5.66. The van der Waals surface area contributed by atoms with Gasteiger partial charge in [0.2, 0.25) is 0 Å². The number of hydrogen-bond donors (Lipinski definition) is 2. The third kappa shape index (κ3) is 3.51. The summed E-state index contributed by atoms with van der Waals surface area (Å²) in [6, 6.07) is 16.4. The molecule has 0 fully saturated rings. The summed E-state index contributed by atoms with van der Waals surface area (Å²) >= 11 is 0. The van der Waals surface area contributed by atoms with E-state index in [1.54, 1.807) is 25.1 Å². The van der Waals surface area contributed by atoms with E-state index in [1.165, 1.54) is 18.2 Å². The molecule has 0 aromatic heterocycles. The topological polar surface area (TPSA) is 105 Å². The van der Waals surface area contributed by atoms with Crippen molar-refractivity contribution in [1.82, 2.24) is 5.43 Å². The van der Waals surface area contributed by atoms with Gasteiger partial charge in [0, 0.05) is 17.7 Å². The lowest BCUT2D eigenvalue weighted by Gasteiger charge is -2.07. The molecule has 0 spiro atoms. The number of phenolic OH excluding ortho intramolecular Hbond substituents is 1. The molecule has 0 heterocycles. The zero-order chi connectivity index (χ0) is 18.7. The minimum Gasteiger partial charge on any atom is -0.507 e. The lowest BCUT2D eigenvalue weighted by atomic mass is 10.1. The number of rotatable bonds is 4. The van der Waals surface area contributed by atoms with Gasteiger partial charge < -0.3 is 5.11 Å². The average molecular weight is 349 g/mol. The van der Waals surface area contributed by atoms with Crippen LogP contribution in [0, 0.1) is 10.1 Å². The molecule has 0 unspecified atom stereocenters. The van der Waals surface area contributed by atoms with Crippen LogP contribution in [0.2, 0.25) is 0 Å². The number of non-ortho nitro benzene ring substituents is 1. The normalized spacial score (nSPS) is 11.3. The molecule has 1 amide bonds. The minimum atomic E-state index is -0.571. The van der Waals surface area contributed by atoms with E-state index >= 15 is 0 Å². The first-order chi connectivity index (χ1) is 12.5. The summed E-state index contributed by atoms with van der Waals surface area (Å²) in [5, 5.41) is 26.5. The molecule has 26 heavy (non-hydrogen) atoms. The maximum atomic E-state index is 12.3. The minimum absolute atomic E-state index is 0.0597. The van der Waals surface area contributed by atoms with E-state index in [4.69, 9.17) is 0 Å². The fourth-order valence-corrected chi connectivity index (χ4v) is 2.51. The maximum absolute atomic E-state index is 12.3. The Bertz CT molecular complexity index is 1040. The number of hydrogen-bond acceptors (Lipinski definition) is 5. The predicted molar refractivity (Wildman–Crippen MR) is 98.4 cm³/mol. The summed E-state index contributed by atoms with van der Waals surface area (Å²) in [5.74, 6) is -0.720. The molecular weight excluding hydrogens is 334 g/mol. The third-order valence-electron chi connectivity index (χ3n) is 3.91. The van der Waals surface area contributed by atoms with Crippen LogP contribution < -0.4 is 5.43 Å². The van der Waals surface area contributed by atoms with Crippen LogP contribution in [0.3, 0.4) is 0 Å². The molecule has 0 aliphatic heterocycles. The van der Waals surface area contributed by atoms with Crippen LogP contribution in [0.1, 0.15) is 22.8 Å². The number of nitrogens with one attached hydrogen (secondary N) is 1. The zero-order valence-corrected chi connectivity index (χ0v) is 13.8. The first kappa shape index (κ1) is 17.1. The summed E-state index contributed by atoms with van der Waals surface area (Å²) in [4.78, 5) is 22.7. The highest BCUT2D eigenvalue weighted by Gasteiger charge is 2.13. The number of carbonyl (C=O) groups is 1. The number of nitro groups is 1. The molecule has 3 rings (SSSR count). The summed E-state index contributed by atoms with van der Waals surface area (Å²) < 4.78 is 0. The van der Waals surface area contributed by atoms with Crippen molar-refractivity contribution in [1.29, 1.82) is 0 Å². The monoisotopic (exact) mass is 349 g/mol. The quantitative estimate of drug-likeness (QED) is 0.426. The second kappa shape index (κ2) is 7.02. The highest BCUT2D eigenvalue weighted by molar-refractivity contribution is 6.03. The predicted octanol–water partition coefficient (Wildman–Crippen LogP) is 3.61. The van der Waals surface area contributed by atoms with Crippen molar-refractivity contribution in [3.63, 3.8) is 0 Å². The van der Waals surface area contributed by atoms with Gasteiger partial charge in [-0.2, -0.15) is 5.10 Å². The standard InChI is InChI=1S/C19H15N3O4/c1-12(13-7-4-8-16(9-13)22(25)26)20-21-19(24)17-10-14-5-2-3-6-15(14)11-18(17)23/h2-11,23H,1H3,(H,21,24). The van der Waals surface area contributed by atoms with Gasteiger partial charge in [-0.1, -0.05) is 36.4 Å². The van der Waals surface area contributed by atoms with Crippen molar-refractivity contribution < 1.29 is 14.8 Å². The average Bonchev–Trinajstić information content (AvgIpc) is 2.65. The number of nitro benzene ring substituents is 1. The van der Waals surface area contributed by atoms with Crippen molar-refractivity contribution in [2.24, 2.45) is 5.10 Å². The van der Waals surface area contributed by atoms with Gasteiger partial charge in [0.05, 0.1) is 16.2 Å². The first-order valence-electron chi connectivity index (χ1n) is 7.77. The van der Waals surface area contributed by atoms with E-state index in [-0.39, 0.29) is 17.0 Å². The van der Waals surface area contributed by atoms with Gasteiger partial charge in [0.25, 0.3) is 11.6 Å². The van der Waals surface area contributed by atoms with Crippen LogP contribution in [0.5, 0.6) is 5.75 Å². The van der Waals surface area contributed by atoms with Gasteiger partial charge in [-0.15, -0.1) is 0 Å². The molecule has 3 aromatic carbocycles. The van der Waals surface area contributed by atoms with Crippen LogP contribution in [-0.4, -0.2) is 21.6 Å². The van der Waals surface area contributed by atoms with Gasteiger partial charge in [0.1, 0.15) is 5.75 Å². The number of fused-ring (bicyclic) bond motifs is 1. The molecule has 0 saturated carbocycles. The fourth-order valence-electron chi connectivity index (χ4n) is 2.51. The fraction of sp³-hybridized carbons (Fsp3) is 0.0526. The smallest absolute Gasteiger partial charge is 0.275 e. The van der Waals surface area contributed by atoms with E-state index in [0.29, 0.717) is 11.3 Å². The Labute approximate surface area is 148 Å². The highest BCUT2D eigenvalue weighted by atomic mass is 16.6. The van der Waals surface area contributed by atoms with Crippen molar-refractivity contribution in [3.8, 4) is 5.75 Å². The molecule has 3 aromatic rings. The van der Waals surface area contributed by atoms with Gasteiger partial charge in [-0.25, -0.2) is 5.43 Å². The number of hydrazone groups is 1. The molecule has 0 atom stereocenters. The molecule has 0 saturated heterocycles. The van der Waals surface area contributed by atoms with Crippen LogP contribution in [-0.2, 0) is 0 Å². The highest BCUT2D eigenvalue weighted by Crippen LogP contribution is 2.24. The van der Waals surface area contributed by atoms with E-state index in [1.807, 2.05) is 24.3 Å². The molecule has 2 N–H and O–H groups in total. The molecule has 0 aliphatic rings. The van der Waals surface area contributed by atoms with Crippen LogP contribution in [0.25, 0.3) is 10.8 Å². The number of carbonyl (C=O) groups excluding carboxylic acids is 1. The van der Waals surface area contributed by atoms with Crippen molar-refractivity contribution >= 4 is 28.1 Å². The molecule has 0 bridgehead atoms. The first-order valence-corrected chi connectivity index (χ1v) is 7.77. The summed E-state index contributed by atoms with van der Waals surface area (Å²) in [7, 11) is 0. The number of aromatic hydroxyl groups is 1. The Morgan fingerprint density at radius 3 is 2.46 bits per heavy atom. The maximum Gasteiger partial charge on any atom is 0.275 e. The number of amides is 1. The lowest BCUT2D eigenvalue weighted by molar-refractivity contribution is -0.384. The Hall–Kier alpha value is -3.74. The third-order valence-corrected chi connectivity index (χ3v) is 3.91. The summed E-state index contributed by atoms with van der Waals surface area (Å²) in [6.07, 6.45) is 0. The Morgan fingerprint density at radius 2 is 1.77 bits per heavy atom. The molecule has 130 valence electrons. The molecule has 7 heteroatoms. The molecular formula is C19H15N3O4. The van der Waals surface area contributed by atoms with Crippen molar-refractivity contribution in [3.05, 3.63) is 81.9 Å². The molecule has 0 aliphatic carbocycles. The van der Waals surface area contributed by atoms with E-state index in [0.717, 1.165) is 10.8 Å². The van der Waals surface area contributed by atoms with E-state index < -0.39 is 10.8 Å². The van der Waals surface area contributed by atoms with E-state index in [2.05, 4.69) is 10.5 Å².